The van der Waals surface area contributed by atoms with E-state index in [0.29, 0.717) is 12.3 Å². The molecule has 0 aliphatic rings. The van der Waals surface area contributed by atoms with Gasteiger partial charge >= 0.3 is 6.01 Å². The second-order valence-corrected chi connectivity index (χ2v) is 6.17. The smallest absolute Gasteiger partial charge is 0.322 e. The molecule has 0 saturated carbocycles. The standard InChI is InChI=1S/C20H21N3O3/c1-13-4-5-16(10-14(13)2)12-19-22-23-20(26-19)21-18(24)11-15-6-8-17(25-3)9-7-15/h4-10H,11-12H2,1-3H3,(H,21,23,24). The lowest BCUT2D eigenvalue weighted by Gasteiger charge is -2.03. The molecule has 0 bridgehead atoms. The van der Waals surface area contributed by atoms with Crippen molar-refractivity contribution in [2.45, 2.75) is 26.7 Å². The van der Waals surface area contributed by atoms with Crippen LogP contribution in [0.5, 0.6) is 5.75 Å². The van der Waals surface area contributed by atoms with E-state index in [4.69, 9.17) is 9.15 Å². The van der Waals surface area contributed by atoms with Crippen molar-refractivity contribution in [1.82, 2.24) is 10.2 Å². The molecular formula is C20H21N3O3. The highest BCUT2D eigenvalue weighted by Gasteiger charge is 2.11. The number of methoxy groups -OCH3 is 1. The number of hydrogen-bond acceptors (Lipinski definition) is 5. The Kier molecular flexibility index (Phi) is 5.31. The van der Waals surface area contributed by atoms with Crippen LogP contribution in [0.15, 0.2) is 46.9 Å². The van der Waals surface area contributed by atoms with E-state index in [9.17, 15) is 4.79 Å². The summed E-state index contributed by atoms with van der Waals surface area (Å²) < 4.78 is 10.6. The van der Waals surface area contributed by atoms with Gasteiger partial charge in [0, 0.05) is 0 Å². The molecule has 1 heterocycles. The monoisotopic (exact) mass is 351 g/mol. The van der Waals surface area contributed by atoms with E-state index < -0.39 is 0 Å². The molecule has 1 N–H and O–H groups in total. The lowest BCUT2D eigenvalue weighted by molar-refractivity contribution is -0.115. The first kappa shape index (κ1) is 17.7. The van der Waals surface area contributed by atoms with E-state index in [1.54, 1.807) is 7.11 Å². The molecule has 0 aliphatic carbocycles. The normalized spacial score (nSPS) is 10.6. The van der Waals surface area contributed by atoms with Gasteiger partial charge in [-0.1, -0.05) is 35.4 Å². The highest BCUT2D eigenvalue weighted by Crippen LogP contribution is 2.16. The van der Waals surface area contributed by atoms with Gasteiger partial charge in [0.05, 0.1) is 20.0 Å². The van der Waals surface area contributed by atoms with Crippen LogP contribution in [0.2, 0.25) is 0 Å². The topological polar surface area (TPSA) is 77.2 Å². The summed E-state index contributed by atoms with van der Waals surface area (Å²) in [4.78, 5) is 12.1. The third-order valence-electron chi connectivity index (χ3n) is 4.16. The molecule has 0 saturated heterocycles. The van der Waals surface area contributed by atoms with Crippen LogP contribution in [-0.2, 0) is 17.6 Å². The number of nitrogens with zero attached hydrogens (tertiary/aromatic N) is 2. The van der Waals surface area contributed by atoms with E-state index in [0.717, 1.165) is 16.9 Å². The molecule has 0 radical (unpaired) electrons. The van der Waals surface area contributed by atoms with Crippen molar-refractivity contribution < 1.29 is 13.9 Å². The first-order chi connectivity index (χ1) is 12.5. The highest BCUT2D eigenvalue weighted by atomic mass is 16.5. The summed E-state index contributed by atoms with van der Waals surface area (Å²) in [5, 5.41) is 10.5. The third-order valence-corrected chi connectivity index (χ3v) is 4.16. The van der Waals surface area contributed by atoms with Crippen LogP contribution >= 0.6 is 0 Å². The van der Waals surface area contributed by atoms with Crippen molar-refractivity contribution in [3.05, 3.63) is 70.6 Å². The summed E-state index contributed by atoms with van der Waals surface area (Å²) in [5.74, 6) is 1.01. The van der Waals surface area contributed by atoms with Gasteiger partial charge in [-0.3, -0.25) is 10.1 Å². The summed E-state index contributed by atoms with van der Waals surface area (Å²) >= 11 is 0. The third kappa shape index (κ3) is 4.47. The number of benzene rings is 2. The fourth-order valence-corrected chi connectivity index (χ4v) is 2.56. The van der Waals surface area contributed by atoms with Crippen molar-refractivity contribution in [3.63, 3.8) is 0 Å². The van der Waals surface area contributed by atoms with Gasteiger partial charge in [0.1, 0.15) is 5.75 Å². The summed E-state index contributed by atoms with van der Waals surface area (Å²) in [7, 11) is 1.60. The minimum absolute atomic E-state index is 0.113. The van der Waals surface area contributed by atoms with Crippen LogP contribution in [-0.4, -0.2) is 23.2 Å². The molecule has 26 heavy (non-hydrogen) atoms. The summed E-state index contributed by atoms with van der Waals surface area (Å²) in [6.45, 7) is 4.14. The van der Waals surface area contributed by atoms with Gasteiger partial charge < -0.3 is 9.15 Å². The number of carbonyl (C=O) groups is 1. The fourth-order valence-electron chi connectivity index (χ4n) is 2.56. The predicted octanol–water partition coefficient (Wildman–Crippen LogP) is 3.47. The molecule has 0 unspecified atom stereocenters. The first-order valence-corrected chi connectivity index (χ1v) is 8.35. The molecule has 3 aromatic rings. The lowest BCUT2D eigenvalue weighted by Crippen LogP contribution is -2.14. The maximum Gasteiger partial charge on any atom is 0.322 e. The van der Waals surface area contributed by atoms with Crippen LogP contribution in [0.3, 0.4) is 0 Å². The molecule has 6 heteroatoms. The summed E-state index contributed by atoms with van der Waals surface area (Å²) in [6.07, 6.45) is 0.751. The molecule has 0 spiro atoms. The minimum atomic E-state index is -0.212. The molecule has 0 atom stereocenters. The van der Waals surface area contributed by atoms with Crippen LogP contribution in [0.25, 0.3) is 0 Å². The number of anilines is 1. The maximum absolute atomic E-state index is 12.1. The van der Waals surface area contributed by atoms with Crippen LogP contribution in [0, 0.1) is 13.8 Å². The van der Waals surface area contributed by atoms with E-state index in [2.05, 4.69) is 41.5 Å². The Labute approximate surface area is 152 Å². The second-order valence-electron chi connectivity index (χ2n) is 6.17. The van der Waals surface area contributed by atoms with Crippen LogP contribution in [0.4, 0.5) is 6.01 Å². The molecule has 6 nitrogen and oxygen atoms in total. The lowest BCUT2D eigenvalue weighted by atomic mass is 10.0. The van der Waals surface area contributed by atoms with Gasteiger partial charge in [-0.05, 0) is 48.2 Å². The quantitative estimate of drug-likeness (QED) is 0.736. The summed E-state index contributed by atoms with van der Waals surface area (Å²) in [6, 6.07) is 13.6. The van der Waals surface area contributed by atoms with Gasteiger partial charge in [0.15, 0.2) is 0 Å². The SMILES string of the molecule is COc1ccc(CC(=O)Nc2nnc(Cc3ccc(C)c(C)c3)o2)cc1. The average Bonchev–Trinajstić information content (AvgIpc) is 3.05. The van der Waals surface area contributed by atoms with Crippen molar-refractivity contribution in [3.8, 4) is 5.75 Å². The molecular weight excluding hydrogens is 330 g/mol. The first-order valence-electron chi connectivity index (χ1n) is 8.35. The van der Waals surface area contributed by atoms with Crippen molar-refractivity contribution in [1.29, 1.82) is 0 Å². The molecule has 1 aromatic heterocycles. The average molecular weight is 351 g/mol. The molecule has 0 aliphatic heterocycles. The van der Waals surface area contributed by atoms with Crippen molar-refractivity contribution in [2.75, 3.05) is 12.4 Å². The van der Waals surface area contributed by atoms with Crippen LogP contribution < -0.4 is 10.1 Å². The minimum Gasteiger partial charge on any atom is -0.497 e. The largest absolute Gasteiger partial charge is 0.497 e. The Morgan fingerprint density at radius 2 is 1.77 bits per heavy atom. The zero-order chi connectivity index (χ0) is 18.5. The molecule has 3 rings (SSSR count). The number of amides is 1. The number of aromatic nitrogens is 2. The number of aryl methyl sites for hydroxylation is 2. The number of nitrogens with one attached hydrogen (secondary N) is 1. The van der Waals surface area contributed by atoms with Crippen LogP contribution in [0.1, 0.15) is 28.1 Å². The Morgan fingerprint density at radius 1 is 1.04 bits per heavy atom. The molecule has 2 aromatic carbocycles. The number of hydrogen-bond donors (Lipinski definition) is 1. The van der Waals surface area contributed by atoms with E-state index in [1.807, 2.05) is 30.3 Å². The zero-order valence-corrected chi connectivity index (χ0v) is 15.1. The van der Waals surface area contributed by atoms with Gasteiger partial charge in [-0.15, -0.1) is 5.10 Å². The second kappa shape index (κ2) is 7.82. The molecule has 1 amide bonds. The number of carbonyl (C=O) groups excluding carboxylic acids is 1. The molecule has 134 valence electrons. The summed E-state index contributed by atoms with van der Waals surface area (Å²) in [5.41, 5.74) is 4.42. The van der Waals surface area contributed by atoms with Crippen molar-refractivity contribution in [2.24, 2.45) is 0 Å². The van der Waals surface area contributed by atoms with Gasteiger partial charge in [-0.25, -0.2) is 0 Å². The Bertz CT molecular complexity index is 901. The Balaban J connectivity index is 1.58. The van der Waals surface area contributed by atoms with Gasteiger partial charge in [-0.2, -0.15) is 0 Å². The van der Waals surface area contributed by atoms with Gasteiger partial charge in [0.2, 0.25) is 11.8 Å². The number of rotatable bonds is 6. The maximum atomic E-state index is 12.1. The molecule has 0 fully saturated rings. The predicted molar refractivity (Wildman–Crippen MR) is 98.3 cm³/mol. The zero-order valence-electron chi connectivity index (χ0n) is 15.1. The van der Waals surface area contributed by atoms with E-state index >= 15 is 0 Å². The highest BCUT2D eigenvalue weighted by molar-refractivity contribution is 5.90. The van der Waals surface area contributed by atoms with E-state index in [-0.39, 0.29) is 18.3 Å². The fraction of sp³-hybridized carbons (Fsp3) is 0.250. The van der Waals surface area contributed by atoms with Gasteiger partial charge in [0.25, 0.3) is 0 Å². The Hall–Kier alpha value is -3.15. The van der Waals surface area contributed by atoms with Crippen molar-refractivity contribution >= 4 is 11.9 Å². The van der Waals surface area contributed by atoms with E-state index in [1.165, 1.54) is 11.1 Å². The number of ether oxygens (including phenoxy) is 1. The Morgan fingerprint density at radius 3 is 2.46 bits per heavy atom.